The predicted octanol–water partition coefficient (Wildman–Crippen LogP) is 2.68. The van der Waals surface area contributed by atoms with Crippen LogP contribution in [0.3, 0.4) is 0 Å². The Kier molecular flexibility index (Phi) is 4.81. The van der Waals surface area contributed by atoms with E-state index < -0.39 is 0 Å². The van der Waals surface area contributed by atoms with Gasteiger partial charge in [-0.3, -0.25) is 4.79 Å². The van der Waals surface area contributed by atoms with Gasteiger partial charge in [0.05, 0.1) is 6.54 Å². The number of carbonyl (C=O) groups is 1. The minimum absolute atomic E-state index is 0.137. The van der Waals surface area contributed by atoms with Crippen molar-refractivity contribution in [2.45, 2.75) is 33.1 Å². The summed E-state index contributed by atoms with van der Waals surface area (Å²) in [6, 6.07) is 5.88. The van der Waals surface area contributed by atoms with Crippen LogP contribution in [0.4, 0.5) is 5.69 Å². The van der Waals surface area contributed by atoms with Crippen molar-refractivity contribution < 1.29 is 4.79 Å². The van der Waals surface area contributed by atoms with Crippen molar-refractivity contribution in [3.05, 3.63) is 29.3 Å². The summed E-state index contributed by atoms with van der Waals surface area (Å²) in [4.78, 5) is 12.3. The van der Waals surface area contributed by atoms with E-state index in [1.807, 2.05) is 25.1 Å². The lowest BCUT2D eigenvalue weighted by Crippen LogP contribution is -2.24. The summed E-state index contributed by atoms with van der Waals surface area (Å²) in [5.41, 5.74) is 8.20. The van der Waals surface area contributed by atoms with Crippen LogP contribution in [0.25, 0.3) is 0 Å². The molecular weight excluding hydrogens is 248 g/mol. The van der Waals surface area contributed by atoms with Gasteiger partial charge in [-0.2, -0.15) is 0 Å². The maximum absolute atomic E-state index is 12.3. The number of aryl methyl sites for hydroxylation is 1. The Balaban J connectivity index is 2.12. The molecule has 1 amide bonds. The van der Waals surface area contributed by atoms with Crippen molar-refractivity contribution in [2.75, 3.05) is 11.9 Å². The zero-order chi connectivity index (χ0) is 14.5. The van der Waals surface area contributed by atoms with E-state index in [1.165, 1.54) is 0 Å². The Morgan fingerprint density at radius 2 is 2.20 bits per heavy atom. The van der Waals surface area contributed by atoms with Gasteiger partial charge in [0.25, 0.3) is 0 Å². The first-order chi connectivity index (χ1) is 9.60. The maximum Gasteiger partial charge on any atom is 0.227 e. The van der Waals surface area contributed by atoms with Crippen molar-refractivity contribution in [1.29, 1.82) is 0 Å². The molecule has 0 saturated heterocycles. The van der Waals surface area contributed by atoms with Gasteiger partial charge in [-0.1, -0.05) is 25.2 Å². The van der Waals surface area contributed by atoms with E-state index in [9.17, 15) is 4.79 Å². The largest absolute Gasteiger partial charge is 0.326 e. The Hall–Kier alpha value is -1.79. The molecule has 20 heavy (non-hydrogen) atoms. The second kappa shape index (κ2) is 6.58. The number of rotatable bonds is 2. The molecule has 2 rings (SSSR count). The van der Waals surface area contributed by atoms with Gasteiger partial charge in [0.1, 0.15) is 0 Å². The molecule has 2 unspecified atom stereocenters. The maximum atomic E-state index is 12.3. The van der Waals surface area contributed by atoms with Crippen LogP contribution in [-0.4, -0.2) is 12.5 Å². The van der Waals surface area contributed by atoms with Crippen molar-refractivity contribution in [1.82, 2.24) is 0 Å². The molecule has 3 heteroatoms. The van der Waals surface area contributed by atoms with Crippen molar-refractivity contribution >= 4 is 11.6 Å². The molecule has 1 aliphatic carbocycles. The Morgan fingerprint density at radius 3 is 2.85 bits per heavy atom. The van der Waals surface area contributed by atoms with E-state index in [2.05, 4.69) is 24.1 Å². The number of amides is 1. The molecule has 1 saturated carbocycles. The monoisotopic (exact) mass is 270 g/mol. The van der Waals surface area contributed by atoms with Crippen molar-refractivity contribution in [3.8, 4) is 11.8 Å². The highest BCUT2D eigenvalue weighted by molar-refractivity contribution is 5.93. The lowest BCUT2D eigenvalue weighted by Gasteiger charge is -2.15. The number of anilines is 1. The number of hydrogen-bond acceptors (Lipinski definition) is 2. The number of nitrogens with one attached hydrogen (secondary N) is 1. The SMILES string of the molecule is Cc1cc(C#CCN)cc(NC(=O)C2CCCC2C)c1. The molecule has 1 aromatic carbocycles. The van der Waals surface area contributed by atoms with Crippen LogP contribution in [0, 0.1) is 30.6 Å². The van der Waals surface area contributed by atoms with Crippen molar-refractivity contribution in [2.24, 2.45) is 17.6 Å². The standard InChI is InChI=1S/C17H22N2O/c1-12-9-14(6-4-8-18)11-15(10-12)19-17(20)16-7-3-5-13(16)2/h9-11,13,16H,3,5,7-8,18H2,1-2H3,(H,19,20). The van der Waals surface area contributed by atoms with Crippen LogP contribution in [0.1, 0.15) is 37.3 Å². The fraction of sp³-hybridized carbons (Fsp3) is 0.471. The van der Waals surface area contributed by atoms with Crippen LogP contribution in [0.5, 0.6) is 0 Å². The number of nitrogens with two attached hydrogens (primary N) is 1. The minimum atomic E-state index is 0.137. The lowest BCUT2D eigenvalue weighted by molar-refractivity contribution is -0.120. The van der Waals surface area contributed by atoms with E-state index in [1.54, 1.807) is 0 Å². The summed E-state index contributed by atoms with van der Waals surface area (Å²) in [7, 11) is 0. The summed E-state index contributed by atoms with van der Waals surface area (Å²) in [6.45, 7) is 4.50. The lowest BCUT2D eigenvalue weighted by atomic mass is 9.97. The fourth-order valence-electron chi connectivity index (χ4n) is 2.85. The van der Waals surface area contributed by atoms with Crippen LogP contribution in [0.15, 0.2) is 18.2 Å². The first-order valence-electron chi connectivity index (χ1n) is 7.21. The third kappa shape index (κ3) is 3.61. The van der Waals surface area contributed by atoms with E-state index in [0.717, 1.165) is 36.1 Å². The van der Waals surface area contributed by atoms with Crippen LogP contribution in [0.2, 0.25) is 0 Å². The molecule has 3 nitrogen and oxygen atoms in total. The molecule has 1 aromatic rings. The Morgan fingerprint density at radius 1 is 1.40 bits per heavy atom. The van der Waals surface area contributed by atoms with E-state index in [4.69, 9.17) is 5.73 Å². The number of carbonyl (C=O) groups excluding carboxylic acids is 1. The molecule has 0 aliphatic heterocycles. The van der Waals surface area contributed by atoms with E-state index in [0.29, 0.717) is 12.5 Å². The molecule has 1 aliphatic rings. The zero-order valence-corrected chi connectivity index (χ0v) is 12.2. The highest BCUT2D eigenvalue weighted by Gasteiger charge is 2.29. The minimum Gasteiger partial charge on any atom is -0.326 e. The molecular formula is C17H22N2O. The highest BCUT2D eigenvalue weighted by Crippen LogP contribution is 2.32. The average molecular weight is 270 g/mol. The molecule has 0 heterocycles. The third-order valence-electron chi connectivity index (χ3n) is 3.88. The second-order valence-corrected chi connectivity index (χ2v) is 5.60. The van der Waals surface area contributed by atoms with E-state index in [-0.39, 0.29) is 11.8 Å². The van der Waals surface area contributed by atoms with Gasteiger partial charge in [-0.15, -0.1) is 0 Å². The van der Waals surface area contributed by atoms with Gasteiger partial charge in [0.15, 0.2) is 0 Å². The Labute approximate surface area is 120 Å². The summed E-state index contributed by atoms with van der Waals surface area (Å²) in [5, 5.41) is 3.03. The summed E-state index contributed by atoms with van der Waals surface area (Å²) in [6.07, 6.45) is 3.30. The van der Waals surface area contributed by atoms with Gasteiger partial charge in [-0.05, 0) is 49.4 Å². The topological polar surface area (TPSA) is 55.1 Å². The van der Waals surface area contributed by atoms with Crippen LogP contribution in [-0.2, 0) is 4.79 Å². The molecule has 0 spiro atoms. The predicted molar refractivity (Wildman–Crippen MR) is 82.2 cm³/mol. The van der Waals surface area contributed by atoms with Crippen molar-refractivity contribution in [3.63, 3.8) is 0 Å². The van der Waals surface area contributed by atoms with Gasteiger partial charge < -0.3 is 11.1 Å². The quantitative estimate of drug-likeness (QED) is 0.812. The van der Waals surface area contributed by atoms with Gasteiger partial charge in [-0.25, -0.2) is 0 Å². The second-order valence-electron chi connectivity index (χ2n) is 5.60. The first kappa shape index (κ1) is 14.6. The molecule has 106 valence electrons. The highest BCUT2D eigenvalue weighted by atomic mass is 16.1. The molecule has 0 radical (unpaired) electrons. The molecule has 3 N–H and O–H groups in total. The molecule has 0 bridgehead atoms. The molecule has 1 fully saturated rings. The van der Waals surface area contributed by atoms with E-state index >= 15 is 0 Å². The molecule has 2 atom stereocenters. The fourth-order valence-corrected chi connectivity index (χ4v) is 2.85. The van der Waals surface area contributed by atoms with Gasteiger partial charge in [0.2, 0.25) is 5.91 Å². The first-order valence-corrected chi connectivity index (χ1v) is 7.21. The number of hydrogen-bond donors (Lipinski definition) is 2. The van der Waals surface area contributed by atoms with Crippen LogP contribution < -0.4 is 11.1 Å². The summed E-state index contributed by atoms with van der Waals surface area (Å²) < 4.78 is 0. The smallest absolute Gasteiger partial charge is 0.227 e. The summed E-state index contributed by atoms with van der Waals surface area (Å²) >= 11 is 0. The normalized spacial score (nSPS) is 21.1. The van der Waals surface area contributed by atoms with Gasteiger partial charge >= 0.3 is 0 Å². The third-order valence-corrected chi connectivity index (χ3v) is 3.88. The zero-order valence-electron chi connectivity index (χ0n) is 12.2. The van der Waals surface area contributed by atoms with Crippen LogP contribution >= 0.6 is 0 Å². The van der Waals surface area contributed by atoms with Gasteiger partial charge in [0, 0.05) is 17.2 Å². The summed E-state index contributed by atoms with van der Waals surface area (Å²) in [5.74, 6) is 6.62. The number of benzene rings is 1. The molecule has 0 aromatic heterocycles. The Bertz CT molecular complexity index is 554. The average Bonchev–Trinajstić information content (AvgIpc) is 2.82.